The highest BCUT2D eigenvalue weighted by Gasteiger charge is 2.20. The monoisotopic (exact) mass is 392 g/mol. The predicted octanol–water partition coefficient (Wildman–Crippen LogP) is 6.93. The summed E-state index contributed by atoms with van der Waals surface area (Å²) in [5.41, 5.74) is 6.02. The largest absolute Gasteiger partial charge is 0.456 e. The maximum absolute atomic E-state index is 6.07. The third-order valence-corrected chi connectivity index (χ3v) is 5.38. The van der Waals surface area contributed by atoms with Gasteiger partial charge in [-0.15, -0.1) is 0 Å². The van der Waals surface area contributed by atoms with Gasteiger partial charge in [-0.25, -0.2) is 9.97 Å². The lowest BCUT2D eigenvalue weighted by Gasteiger charge is -2.19. The Morgan fingerprint density at radius 1 is 0.767 bits per heavy atom. The molecule has 0 amide bonds. The summed E-state index contributed by atoms with van der Waals surface area (Å²) in [5.74, 6) is 0.864. The van der Waals surface area contributed by atoms with Crippen LogP contribution in [0.1, 0.15) is 37.9 Å². The Labute approximate surface area is 176 Å². The first-order valence-electron chi connectivity index (χ1n) is 10.3. The lowest BCUT2D eigenvalue weighted by atomic mass is 9.94. The molecule has 3 aromatic carbocycles. The van der Waals surface area contributed by atoms with Crippen molar-refractivity contribution < 1.29 is 4.42 Å². The van der Waals surface area contributed by atoms with Gasteiger partial charge in [0.1, 0.15) is 17.0 Å². The van der Waals surface area contributed by atoms with Crippen molar-refractivity contribution in [2.75, 3.05) is 0 Å². The van der Waals surface area contributed by atoms with Gasteiger partial charge in [-0.2, -0.15) is 0 Å². The Hall–Kier alpha value is -3.46. The number of hydrogen-bond acceptors (Lipinski definition) is 3. The number of furan rings is 1. The molecule has 30 heavy (non-hydrogen) atoms. The van der Waals surface area contributed by atoms with Crippen molar-refractivity contribution in [1.29, 1.82) is 0 Å². The standard InChI is InChI=1S/C27H24N2O/c1-27(2,3)26-28-20(17-22(29-26)18-10-5-4-6-11-18)16-19-12-9-15-24-25(19)21-13-7-8-14-23(21)30-24/h4-15,17H,16H2,1-3H3. The Morgan fingerprint density at radius 3 is 2.30 bits per heavy atom. The first-order chi connectivity index (χ1) is 14.5. The van der Waals surface area contributed by atoms with Crippen LogP contribution in [0.15, 0.2) is 83.3 Å². The van der Waals surface area contributed by atoms with Crippen LogP contribution in [0.2, 0.25) is 0 Å². The second kappa shape index (κ2) is 7.10. The molecule has 0 aliphatic heterocycles. The van der Waals surface area contributed by atoms with E-state index < -0.39 is 0 Å². The van der Waals surface area contributed by atoms with E-state index in [-0.39, 0.29) is 5.41 Å². The molecular formula is C27H24N2O. The van der Waals surface area contributed by atoms with Crippen LogP contribution in [0.5, 0.6) is 0 Å². The van der Waals surface area contributed by atoms with Gasteiger partial charge in [0.15, 0.2) is 0 Å². The summed E-state index contributed by atoms with van der Waals surface area (Å²) in [6.07, 6.45) is 0.728. The van der Waals surface area contributed by atoms with Gasteiger partial charge < -0.3 is 4.42 Å². The first-order valence-corrected chi connectivity index (χ1v) is 10.3. The van der Waals surface area contributed by atoms with E-state index in [2.05, 4.69) is 63.2 Å². The average molecular weight is 393 g/mol. The Kier molecular flexibility index (Phi) is 4.39. The topological polar surface area (TPSA) is 38.9 Å². The van der Waals surface area contributed by atoms with E-state index in [9.17, 15) is 0 Å². The van der Waals surface area contributed by atoms with Gasteiger partial charge in [0.2, 0.25) is 0 Å². The minimum atomic E-state index is -0.131. The van der Waals surface area contributed by atoms with Gasteiger partial charge in [-0.05, 0) is 23.8 Å². The van der Waals surface area contributed by atoms with Crippen LogP contribution < -0.4 is 0 Å². The lowest BCUT2D eigenvalue weighted by molar-refractivity contribution is 0.543. The van der Waals surface area contributed by atoms with Crippen LogP contribution in [0.4, 0.5) is 0 Å². The molecule has 0 saturated carbocycles. The lowest BCUT2D eigenvalue weighted by Crippen LogP contribution is -2.17. The summed E-state index contributed by atoms with van der Waals surface area (Å²) in [7, 11) is 0. The zero-order valence-corrected chi connectivity index (χ0v) is 17.5. The molecule has 0 aliphatic carbocycles. The maximum atomic E-state index is 6.07. The molecular weight excluding hydrogens is 368 g/mol. The molecule has 2 heterocycles. The molecule has 5 aromatic rings. The van der Waals surface area contributed by atoms with Gasteiger partial charge in [-0.3, -0.25) is 0 Å². The van der Waals surface area contributed by atoms with Gasteiger partial charge in [0.25, 0.3) is 0 Å². The molecule has 0 atom stereocenters. The van der Waals surface area contributed by atoms with E-state index in [4.69, 9.17) is 14.4 Å². The highest BCUT2D eigenvalue weighted by atomic mass is 16.3. The van der Waals surface area contributed by atoms with Crippen LogP contribution in [-0.4, -0.2) is 9.97 Å². The van der Waals surface area contributed by atoms with Crippen LogP contribution >= 0.6 is 0 Å². The molecule has 3 nitrogen and oxygen atoms in total. The molecule has 0 saturated heterocycles. The van der Waals surface area contributed by atoms with Crippen molar-refractivity contribution >= 4 is 21.9 Å². The SMILES string of the molecule is CC(C)(C)c1nc(Cc2cccc3oc4ccccc4c23)cc(-c2ccccc2)n1. The number of hydrogen-bond donors (Lipinski definition) is 0. The van der Waals surface area contributed by atoms with Crippen LogP contribution in [0.25, 0.3) is 33.2 Å². The molecule has 0 aliphatic rings. The third-order valence-electron chi connectivity index (χ3n) is 5.38. The molecule has 0 bridgehead atoms. The van der Waals surface area contributed by atoms with Crippen molar-refractivity contribution in [3.63, 3.8) is 0 Å². The minimum absolute atomic E-state index is 0.131. The summed E-state index contributed by atoms with van der Waals surface area (Å²) >= 11 is 0. The van der Waals surface area contributed by atoms with Crippen molar-refractivity contribution in [2.45, 2.75) is 32.6 Å². The highest BCUT2D eigenvalue weighted by Crippen LogP contribution is 2.33. The number of aromatic nitrogens is 2. The van der Waals surface area contributed by atoms with E-state index in [1.165, 1.54) is 10.9 Å². The van der Waals surface area contributed by atoms with Gasteiger partial charge in [0.05, 0.1) is 5.69 Å². The molecule has 148 valence electrons. The average Bonchev–Trinajstić information content (AvgIpc) is 3.13. The Bertz CT molecular complexity index is 1340. The van der Waals surface area contributed by atoms with Gasteiger partial charge >= 0.3 is 0 Å². The summed E-state index contributed by atoms with van der Waals surface area (Å²) in [4.78, 5) is 9.84. The first kappa shape index (κ1) is 18.6. The predicted molar refractivity (Wildman–Crippen MR) is 123 cm³/mol. The fourth-order valence-electron chi connectivity index (χ4n) is 3.87. The molecule has 0 fully saturated rings. The maximum Gasteiger partial charge on any atom is 0.135 e. The minimum Gasteiger partial charge on any atom is -0.456 e. The second-order valence-electron chi connectivity index (χ2n) is 8.75. The molecule has 0 radical (unpaired) electrons. The number of rotatable bonds is 3. The summed E-state index contributed by atoms with van der Waals surface area (Å²) in [6.45, 7) is 6.47. The van der Waals surface area contributed by atoms with Crippen molar-refractivity contribution in [1.82, 2.24) is 9.97 Å². The molecule has 2 aromatic heterocycles. The number of nitrogens with zero attached hydrogens (tertiary/aromatic N) is 2. The summed E-state index contributed by atoms with van der Waals surface area (Å²) in [5, 5.41) is 2.32. The number of benzene rings is 3. The third kappa shape index (κ3) is 3.37. The molecule has 3 heteroatoms. The zero-order chi connectivity index (χ0) is 20.7. The van der Waals surface area contributed by atoms with E-state index in [1.54, 1.807) is 0 Å². The summed E-state index contributed by atoms with van der Waals surface area (Å²) < 4.78 is 6.07. The van der Waals surface area contributed by atoms with Crippen LogP contribution in [0, 0.1) is 0 Å². The molecule has 0 spiro atoms. The Morgan fingerprint density at radius 2 is 1.50 bits per heavy atom. The smallest absolute Gasteiger partial charge is 0.135 e. The number of fused-ring (bicyclic) bond motifs is 3. The van der Waals surface area contributed by atoms with E-state index in [0.29, 0.717) is 0 Å². The fraction of sp³-hybridized carbons (Fsp3) is 0.185. The van der Waals surface area contributed by atoms with Gasteiger partial charge in [0, 0.05) is 33.9 Å². The normalized spacial score (nSPS) is 12.0. The zero-order valence-electron chi connectivity index (χ0n) is 17.5. The van der Waals surface area contributed by atoms with Crippen LogP contribution in [0.3, 0.4) is 0 Å². The Balaban J connectivity index is 1.66. The number of para-hydroxylation sites is 1. The summed E-state index contributed by atoms with van der Waals surface area (Å²) in [6, 6.07) is 26.9. The molecule has 5 rings (SSSR count). The molecule has 0 unspecified atom stereocenters. The molecule has 0 N–H and O–H groups in total. The van der Waals surface area contributed by atoms with Crippen molar-refractivity contribution in [2.24, 2.45) is 0 Å². The van der Waals surface area contributed by atoms with Crippen molar-refractivity contribution in [3.05, 3.63) is 95.9 Å². The van der Waals surface area contributed by atoms with E-state index >= 15 is 0 Å². The van der Waals surface area contributed by atoms with E-state index in [0.717, 1.165) is 45.7 Å². The van der Waals surface area contributed by atoms with Gasteiger partial charge in [-0.1, -0.05) is 81.4 Å². The van der Waals surface area contributed by atoms with Crippen molar-refractivity contribution in [3.8, 4) is 11.3 Å². The van der Waals surface area contributed by atoms with E-state index in [1.807, 2.05) is 36.4 Å². The second-order valence-corrected chi connectivity index (χ2v) is 8.75. The highest BCUT2D eigenvalue weighted by molar-refractivity contribution is 6.06. The quantitative estimate of drug-likeness (QED) is 0.334. The fourth-order valence-corrected chi connectivity index (χ4v) is 3.87. The van der Waals surface area contributed by atoms with Crippen LogP contribution in [-0.2, 0) is 11.8 Å².